The molecule has 1 amide bonds. The summed E-state index contributed by atoms with van der Waals surface area (Å²) in [6.45, 7) is 2.20. The predicted molar refractivity (Wildman–Crippen MR) is 83.2 cm³/mol. The number of rotatable bonds is 8. The molecule has 1 saturated heterocycles. The largest absolute Gasteiger partial charge is 0.476 e. The maximum absolute atomic E-state index is 11.7. The van der Waals surface area contributed by atoms with E-state index in [1.165, 1.54) is 16.7 Å². The molecule has 1 aromatic rings. The van der Waals surface area contributed by atoms with Crippen LogP contribution in [0.4, 0.5) is 0 Å². The topological polar surface area (TPSA) is 88.5 Å². The van der Waals surface area contributed by atoms with Gasteiger partial charge in [-0.25, -0.2) is 9.78 Å². The molecule has 0 aromatic carbocycles. The lowest BCUT2D eigenvalue weighted by Gasteiger charge is -2.21. The van der Waals surface area contributed by atoms with Crippen molar-refractivity contribution in [3.05, 3.63) is 16.1 Å². The summed E-state index contributed by atoms with van der Waals surface area (Å²) in [5.41, 5.74) is 0.0720. The molecule has 0 spiro atoms. The summed E-state index contributed by atoms with van der Waals surface area (Å²) in [7, 11) is 0. The van der Waals surface area contributed by atoms with Crippen molar-refractivity contribution in [3.63, 3.8) is 0 Å². The Labute approximate surface area is 133 Å². The normalized spacial score (nSPS) is 15.6. The molecule has 1 aromatic heterocycles. The summed E-state index contributed by atoms with van der Waals surface area (Å²) in [6, 6.07) is 0. The molecule has 0 radical (unpaired) electrons. The zero-order valence-electron chi connectivity index (χ0n) is 12.5. The van der Waals surface area contributed by atoms with Crippen molar-refractivity contribution in [1.29, 1.82) is 0 Å². The monoisotopic (exact) mass is 326 g/mol. The summed E-state index contributed by atoms with van der Waals surface area (Å²) in [4.78, 5) is 26.4. The van der Waals surface area contributed by atoms with Crippen LogP contribution in [0.5, 0.6) is 0 Å². The van der Waals surface area contributed by atoms with Gasteiger partial charge in [0, 0.05) is 38.0 Å². The number of carbonyl (C=O) groups is 2. The zero-order chi connectivity index (χ0) is 15.8. The number of thiazole rings is 1. The molecular formula is C15H22N2O4S. The van der Waals surface area contributed by atoms with E-state index in [1.807, 2.05) is 0 Å². The number of amides is 1. The molecule has 6 nitrogen and oxygen atoms in total. The molecule has 2 N–H and O–H groups in total. The first-order valence-corrected chi connectivity index (χ1v) is 8.55. The third-order valence-corrected chi connectivity index (χ3v) is 4.70. The van der Waals surface area contributed by atoms with Crippen LogP contribution in [0.3, 0.4) is 0 Å². The number of hydrogen-bond acceptors (Lipinski definition) is 5. The average Bonchev–Trinajstić information content (AvgIpc) is 2.97. The Kier molecular flexibility index (Phi) is 6.79. The van der Waals surface area contributed by atoms with Crippen molar-refractivity contribution in [2.75, 3.05) is 19.8 Å². The lowest BCUT2D eigenvalue weighted by Crippen LogP contribution is -2.25. The van der Waals surface area contributed by atoms with E-state index in [9.17, 15) is 9.59 Å². The van der Waals surface area contributed by atoms with Gasteiger partial charge in [-0.2, -0.15) is 0 Å². The highest BCUT2D eigenvalue weighted by atomic mass is 32.1. The number of ether oxygens (including phenoxy) is 1. The summed E-state index contributed by atoms with van der Waals surface area (Å²) < 4.78 is 5.32. The lowest BCUT2D eigenvalue weighted by atomic mass is 9.94. The van der Waals surface area contributed by atoms with Gasteiger partial charge in [0.25, 0.3) is 0 Å². The van der Waals surface area contributed by atoms with Crippen molar-refractivity contribution < 1.29 is 19.4 Å². The van der Waals surface area contributed by atoms with Crippen molar-refractivity contribution in [1.82, 2.24) is 10.3 Å². The van der Waals surface area contributed by atoms with Crippen molar-refractivity contribution in [2.24, 2.45) is 5.92 Å². The SMILES string of the molecule is O=C(CCCC1CCOCC1)NCCc1nc(C(=O)O)cs1. The molecule has 0 bridgehead atoms. The molecule has 0 unspecified atom stereocenters. The fraction of sp³-hybridized carbons (Fsp3) is 0.667. The van der Waals surface area contributed by atoms with E-state index in [0.29, 0.717) is 25.3 Å². The van der Waals surface area contributed by atoms with Crippen LogP contribution >= 0.6 is 11.3 Å². The Morgan fingerprint density at radius 1 is 1.41 bits per heavy atom. The Balaban J connectivity index is 1.56. The molecule has 1 aliphatic rings. The van der Waals surface area contributed by atoms with Gasteiger partial charge >= 0.3 is 5.97 Å². The zero-order valence-corrected chi connectivity index (χ0v) is 13.4. The molecule has 2 rings (SSSR count). The quantitative estimate of drug-likeness (QED) is 0.764. The summed E-state index contributed by atoms with van der Waals surface area (Å²) >= 11 is 1.31. The first-order valence-electron chi connectivity index (χ1n) is 7.67. The number of nitrogens with zero attached hydrogens (tertiary/aromatic N) is 1. The minimum Gasteiger partial charge on any atom is -0.476 e. The second-order valence-electron chi connectivity index (χ2n) is 5.48. The molecule has 22 heavy (non-hydrogen) atoms. The van der Waals surface area contributed by atoms with Crippen LogP contribution in [0.2, 0.25) is 0 Å². The molecule has 1 fully saturated rings. The number of hydrogen-bond donors (Lipinski definition) is 2. The number of aromatic carboxylic acids is 1. The molecular weight excluding hydrogens is 304 g/mol. The standard InChI is InChI=1S/C15H22N2O4S/c18-13(3-1-2-11-5-8-21-9-6-11)16-7-4-14-17-12(10-22-14)15(19)20/h10-11H,1-9H2,(H,16,18)(H,19,20). The number of nitrogens with one attached hydrogen (secondary N) is 1. The smallest absolute Gasteiger partial charge is 0.355 e. The molecule has 122 valence electrons. The highest BCUT2D eigenvalue weighted by Gasteiger charge is 2.14. The minimum atomic E-state index is -1.01. The van der Waals surface area contributed by atoms with Crippen LogP contribution < -0.4 is 5.32 Å². The minimum absolute atomic E-state index is 0.0575. The van der Waals surface area contributed by atoms with Crippen LogP contribution in [-0.4, -0.2) is 41.7 Å². The van der Waals surface area contributed by atoms with E-state index in [0.717, 1.165) is 43.9 Å². The lowest BCUT2D eigenvalue weighted by molar-refractivity contribution is -0.121. The highest BCUT2D eigenvalue weighted by Crippen LogP contribution is 2.20. The Bertz CT molecular complexity index is 497. The first-order chi connectivity index (χ1) is 10.6. The van der Waals surface area contributed by atoms with Gasteiger partial charge in [0.15, 0.2) is 5.69 Å². The third kappa shape index (κ3) is 5.73. The molecule has 0 aliphatic carbocycles. The van der Waals surface area contributed by atoms with Gasteiger partial charge in [-0.15, -0.1) is 11.3 Å². The predicted octanol–water partition coefficient (Wildman–Crippen LogP) is 2.10. The van der Waals surface area contributed by atoms with E-state index in [4.69, 9.17) is 9.84 Å². The van der Waals surface area contributed by atoms with E-state index in [1.54, 1.807) is 0 Å². The van der Waals surface area contributed by atoms with Gasteiger partial charge in [0.2, 0.25) is 5.91 Å². The van der Waals surface area contributed by atoms with Crippen LogP contribution in [0.1, 0.15) is 47.6 Å². The van der Waals surface area contributed by atoms with E-state index >= 15 is 0 Å². The van der Waals surface area contributed by atoms with Crippen LogP contribution in [0.15, 0.2) is 5.38 Å². The summed E-state index contributed by atoms with van der Waals surface area (Å²) in [5, 5.41) is 13.9. The van der Waals surface area contributed by atoms with Gasteiger partial charge in [-0.05, 0) is 31.6 Å². The Morgan fingerprint density at radius 2 is 2.18 bits per heavy atom. The fourth-order valence-electron chi connectivity index (χ4n) is 2.51. The first kappa shape index (κ1) is 16.9. The molecule has 2 heterocycles. The second-order valence-corrected chi connectivity index (χ2v) is 6.42. The van der Waals surface area contributed by atoms with Crippen LogP contribution in [0, 0.1) is 5.92 Å². The molecule has 1 aliphatic heterocycles. The van der Waals surface area contributed by atoms with E-state index < -0.39 is 5.97 Å². The van der Waals surface area contributed by atoms with Gasteiger partial charge in [-0.3, -0.25) is 4.79 Å². The van der Waals surface area contributed by atoms with Crippen molar-refractivity contribution >= 4 is 23.2 Å². The maximum Gasteiger partial charge on any atom is 0.355 e. The number of carboxylic acids is 1. The fourth-order valence-corrected chi connectivity index (χ4v) is 3.28. The third-order valence-electron chi connectivity index (χ3n) is 3.79. The van der Waals surface area contributed by atoms with Gasteiger partial charge in [-0.1, -0.05) is 0 Å². The van der Waals surface area contributed by atoms with Gasteiger partial charge in [0.05, 0.1) is 5.01 Å². The Morgan fingerprint density at radius 3 is 2.86 bits per heavy atom. The molecule has 0 saturated carbocycles. The second kappa shape index (κ2) is 8.85. The highest BCUT2D eigenvalue weighted by molar-refractivity contribution is 7.09. The number of aromatic nitrogens is 1. The average molecular weight is 326 g/mol. The van der Waals surface area contributed by atoms with E-state index in [2.05, 4.69) is 10.3 Å². The summed E-state index contributed by atoms with van der Waals surface area (Å²) in [6.07, 6.45) is 5.34. The van der Waals surface area contributed by atoms with Crippen molar-refractivity contribution in [2.45, 2.75) is 38.5 Å². The number of carboxylic acid groups (broad SMARTS) is 1. The Hall–Kier alpha value is -1.47. The van der Waals surface area contributed by atoms with Crippen LogP contribution in [0.25, 0.3) is 0 Å². The molecule has 0 atom stereocenters. The van der Waals surface area contributed by atoms with Crippen LogP contribution in [-0.2, 0) is 16.0 Å². The van der Waals surface area contributed by atoms with Crippen molar-refractivity contribution in [3.8, 4) is 0 Å². The molecule has 7 heteroatoms. The van der Waals surface area contributed by atoms with E-state index in [-0.39, 0.29) is 11.6 Å². The number of carbonyl (C=O) groups excluding carboxylic acids is 1. The van der Waals surface area contributed by atoms with Gasteiger partial charge in [0.1, 0.15) is 0 Å². The van der Waals surface area contributed by atoms with Gasteiger partial charge < -0.3 is 15.2 Å². The summed E-state index contributed by atoms with van der Waals surface area (Å²) in [5.74, 6) is -0.256. The maximum atomic E-state index is 11.7.